The molecule has 0 saturated carbocycles. The summed E-state index contributed by atoms with van der Waals surface area (Å²) in [6.45, 7) is 0. The van der Waals surface area contributed by atoms with Crippen LogP contribution in [0.5, 0.6) is 0 Å². The predicted molar refractivity (Wildman–Crippen MR) is 95.8 cm³/mol. The van der Waals surface area contributed by atoms with Gasteiger partial charge < -0.3 is 0 Å². The second-order valence-electron chi connectivity index (χ2n) is 7.35. The van der Waals surface area contributed by atoms with Crippen LogP contribution in [0.15, 0.2) is 48.6 Å². The molecule has 0 fully saturated rings. The van der Waals surface area contributed by atoms with Crippen molar-refractivity contribution in [2.24, 2.45) is 0 Å². The summed E-state index contributed by atoms with van der Waals surface area (Å²) in [7, 11) is 0. The van der Waals surface area contributed by atoms with Gasteiger partial charge in [-0.1, -0.05) is 0 Å². The van der Waals surface area contributed by atoms with Gasteiger partial charge in [-0.05, 0) is 0 Å². The summed E-state index contributed by atoms with van der Waals surface area (Å²) in [5, 5.41) is 0. The molecule has 0 spiro atoms. The second kappa shape index (κ2) is 8.32. The third kappa shape index (κ3) is 3.18. The Balaban J connectivity index is 2.30. The zero-order chi connectivity index (χ0) is 24.2. The summed E-state index contributed by atoms with van der Waals surface area (Å²) < 4.78 is 139. The number of rotatable bonds is 4. The van der Waals surface area contributed by atoms with Gasteiger partial charge in [-0.3, -0.25) is 0 Å². The number of hydrogen-bond acceptors (Lipinski definition) is 0. The molecule has 0 N–H and O–H groups in total. The first-order valence-corrected chi connectivity index (χ1v) is 12.7. The predicted octanol–water partition coefficient (Wildman–Crippen LogP) is 6.01. The van der Waals surface area contributed by atoms with Crippen LogP contribution >= 0.6 is 0 Å². The van der Waals surface area contributed by atoms with Crippen LogP contribution < -0.4 is 7.74 Å². The Hall–Kier alpha value is -2.59. The van der Waals surface area contributed by atoms with Gasteiger partial charge in [0, 0.05) is 0 Å². The molecule has 0 bridgehead atoms. The Bertz CT molecular complexity index is 1110. The molecule has 172 valence electrons. The second-order valence-corrected chi connectivity index (χ2v) is 13.7. The van der Waals surface area contributed by atoms with Gasteiger partial charge in [-0.15, -0.1) is 0 Å². The molecule has 0 aliphatic heterocycles. The summed E-state index contributed by atoms with van der Waals surface area (Å²) in [6.07, 6.45) is 9.84. The average Bonchev–Trinajstić information content (AvgIpc) is 3.53. The van der Waals surface area contributed by atoms with Crippen LogP contribution in [-0.4, -0.2) is 0 Å². The summed E-state index contributed by atoms with van der Waals surface area (Å²) >= 11 is -5.94. The number of hydrogen-bond donors (Lipinski definition) is 0. The molecule has 33 heavy (non-hydrogen) atoms. The Morgan fingerprint density at radius 2 is 0.576 bits per heavy atom. The number of allylic oxidation sites excluding steroid dienone is 8. The van der Waals surface area contributed by atoms with Crippen molar-refractivity contribution in [3.05, 3.63) is 107 Å². The number of benzene rings is 2. The van der Waals surface area contributed by atoms with Crippen molar-refractivity contribution < 1.29 is 60.5 Å². The van der Waals surface area contributed by atoms with E-state index in [-0.39, 0.29) is 0 Å². The van der Waals surface area contributed by atoms with E-state index in [2.05, 4.69) is 0 Å². The first kappa shape index (κ1) is 23.6. The van der Waals surface area contributed by atoms with E-state index in [1.54, 1.807) is 0 Å². The maximum absolute atomic E-state index is 15.2. The molecule has 0 unspecified atom stereocenters. The van der Waals surface area contributed by atoms with E-state index < -0.39 is 90.9 Å². The quantitative estimate of drug-likeness (QED) is 0.204. The van der Waals surface area contributed by atoms with Gasteiger partial charge in [0.25, 0.3) is 0 Å². The van der Waals surface area contributed by atoms with Crippen LogP contribution in [0.4, 0.5) is 43.9 Å². The van der Waals surface area contributed by atoms with E-state index in [9.17, 15) is 26.3 Å². The van der Waals surface area contributed by atoms with E-state index in [1.807, 2.05) is 0 Å². The average molecular weight is 512 g/mol. The Morgan fingerprint density at radius 1 is 0.364 bits per heavy atom. The fourth-order valence-electron chi connectivity index (χ4n) is 4.42. The van der Waals surface area contributed by atoms with Gasteiger partial charge in [-0.2, -0.15) is 0 Å². The molecule has 0 aromatic heterocycles. The van der Waals surface area contributed by atoms with Crippen molar-refractivity contribution in [1.82, 2.24) is 0 Å². The van der Waals surface area contributed by atoms with Crippen LogP contribution in [0.25, 0.3) is 0 Å². The zero-order valence-electron chi connectivity index (χ0n) is 16.1. The van der Waals surface area contributed by atoms with Gasteiger partial charge in [0.1, 0.15) is 0 Å². The molecule has 0 saturated heterocycles. The molecule has 0 radical (unpaired) electrons. The van der Waals surface area contributed by atoms with Gasteiger partial charge in [0.15, 0.2) is 0 Å². The number of halogens is 10. The van der Waals surface area contributed by atoms with Gasteiger partial charge in [0.2, 0.25) is 0 Å². The molecule has 11 heteroatoms. The zero-order valence-corrected chi connectivity index (χ0v) is 17.6. The maximum atomic E-state index is 15.2. The van der Waals surface area contributed by atoms with Crippen LogP contribution in [0.2, 0.25) is 8.45 Å². The molecule has 0 heterocycles. The Morgan fingerprint density at radius 3 is 0.818 bits per heavy atom. The van der Waals surface area contributed by atoms with E-state index >= 15 is 17.6 Å². The fraction of sp³-hybridized carbons (Fsp3) is 0.0909. The van der Waals surface area contributed by atoms with E-state index in [0.29, 0.717) is 0 Å². The molecular weight excluding hydrogens is 502 g/mol. The molecule has 2 aromatic rings. The molecule has 0 atom stereocenters. The Kier molecular flexibility index (Phi) is 5.94. The van der Waals surface area contributed by atoms with Crippen molar-refractivity contribution in [3.63, 3.8) is 0 Å². The summed E-state index contributed by atoms with van der Waals surface area (Å²) in [5.74, 6) is -24.1. The summed E-state index contributed by atoms with van der Waals surface area (Å²) in [5.41, 5.74) is 0. The molecule has 0 amide bonds. The standard InChI is InChI=1S/2C6F5.2C5H5.Ti/c2*7-2-1-3(8)5(10)6(11)4(2)9;2*1-2-4-5-3-1;/h;;2*1-5H;. The third-order valence-corrected chi connectivity index (χ3v) is 14.2. The van der Waals surface area contributed by atoms with Crippen LogP contribution in [0.1, 0.15) is 0 Å². The summed E-state index contributed by atoms with van der Waals surface area (Å²) in [6, 6.07) is 0. The summed E-state index contributed by atoms with van der Waals surface area (Å²) in [4.78, 5) is 0. The molecule has 2 aromatic carbocycles. The molecule has 2 aliphatic carbocycles. The molecule has 0 nitrogen and oxygen atoms in total. The van der Waals surface area contributed by atoms with Crippen molar-refractivity contribution >= 4 is 7.74 Å². The monoisotopic (exact) mass is 512 g/mol. The SMILES string of the molecule is Fc1c(F)c(F)[c]([Ti]([c]2c(F)c(F)c(F)c(F)c2F)([CH]2C=CC=C2)[CH]2C=CC=C2)c(F)c1F. The van der Waals surface area contributed by atoms with Crippen molar-refractivity contribution in [2.45, 2.75) is 8.45 Å². The first-order chi connectivity index (χ1) is 15.6. The van der Waals surface area contributed by atoms with Crippen molar-refractivity contribution in [2.75, 3.05) is 0 Å². The third-order valence-electron chi connectivity index (χ3n) is 5.79. The topological polar surface area (TPSA) is 0 Å². The van der Waals surface area contributed by atoms with Gasteiger partial charge in [0.05, 0.1) is 0 Å². The molecule has 2 aliphatic rings. The van der Waals surface area contributed by atoms with E-state index in [0.717, 1.165) is 0 Å². The minimum absolute atomic E-state index is 1.18. The van der Waals surface area contributed by atoms with E-state index in [1.165, 1.54) is 48.6 Å². The van der Waals surface area contributed by atoms with Crippen LogP contribution in [-0.2, 0) is 16.6 Å². The van der Waals surface area contributed by atoms with Crippen LogP contribution in [0, 0.1) is 58.2 Å². The van der Waals surface area contributed by atoms with Gasteiger partial charge in [-0.25, -0.2) is 0 Å². The van der Waals surface area contributed by atoms with E-state index in [4.69, 9.17) is 0 Å². The molecule has 4 rings (SSSR count). The first-order valence-electron chi connectivity index (χ1n) is 9.30. The normalized spacial score (nSPS) is 16.1. The van der Waals surface area contributed by atoms with Gasteiger partial charge >= 0.3 is 183 Å². The van der Waals surface area contributed by atoms with Crippen molar-refractivity contribution in [3.8, 4) is 0 Å². The van der Waals surface area contributed by atoms with Crippen molar-refractivity contribution in [1.29, 1.82) is 0 Å². The Labute approximate surface area is 183 Å². The fourth-order valence-corrected chi connectivity index (χ4v) is 13.1. The minimum atomic E-state index is -5.94. The van der Waals surface area contributed by atoms with Crippen LogP contribution in [0.3, 0.4) is 0 Å². The molecular formula is C22H10F10Ti.